The van der Waals surface area contributed by atoms with Crippen LogP contribution in [0.15, 0.2) is 73.2 Å². The van der Waals surface area contributed by atoms with Gasteiger partial charge in [-0.2, -0.15) is 5.10 Å². The highest BCUT2D eigenvalue weighted by Gasteiger charge is 2.42. The summed E-state index contributed by atoms with van der Waals surface area (Å²) in [5.74, 6) is -0.652. The molecule has 2 unspecified atom stereocenters. The number of amides is 3. The third-order valence-electron chi connectivity index (χ3n) is 5.90. The van der Waals surface area contributed by atoms with Gasteiger partial charge in [0.1, 0.15) is 0 Å². The first-order valence-corrected chi connectivity index (χ1v) is 10.7. The fraction of sp³-hybridized carbons (Fsp3) is 0.208. The molecule has 2 N–H and O–H groups in total. The van der Waals surface area contributed by atoms with E-state index in [9.17, 15) is 14.4 Å². The first-order valence-electron chi connectivity index (χ1n) is 10.7. The minimum atomic E-state index is -0.376. The van der Waals surface area contributed by atoms with Crippen molar-refractivity contribution in [3.8, 4) is 5.82 Å². The van der Waals surface area contributed by atoms with Crippen molar-refractivity contribution in [3.63, 3.8) is 0 Å². The summed E-state index contributed by atoms with van der Waals surface area (Å²) in [6.45, 7) is 0.297. The van der Waals surface area contributed by atoms with Gasteiger partial charge < -0.3 is 5.32 Å². The molecule has 0 spiro atoms. The minimum Gasteiger partial charge on any atom is -0.348 e. The molecule has 9 nitrogen and oxygen atoms in total. The molecule has 2 aromatic heterocycles. The molecule has 3 amide bonds. The number of carbonyl (C=O) groups is 3. The molecule has 1 fully saturated rings. The van der Waals surface area contributed by atoms with E-state index in [0.29, 0.717) is 36.5 Å². The van der Waals surface area contributed by atoms with Gasteiger partial charge in [0.2, 0.25) is 11.8 Å². The van der Waals surface area contributed by atoms with Gasteiger partial charge in [0, 0.05) is 30.7 Å². The number of hydrazine groups is 1. The SMILES string of the molecule is O=C(NCc1ccc(-n2cccn2)nc1)c1cccc(N2NC(=O)C3CC=CCC3C2=O)c1. The zero-order valence-electron chi connectivity index (χ0n) is 17.7. The highest BCUT2D eigenvalue weighted by molar-refractivity contribution is 6.05. The molecule has 1 aliphatic heterocycles. The highest BCUT2D eigenvalue weighted by atomic mass is 16.2. The van der Waals surface area contributed by atoms with Crippen LogP contribution in [0.25, 0.3) is 5.82 Å². The van der Waals surface area contributed by atoms with Crippen molar-refractivity contribution in [2.24, 2.45) is 11.8 Å². The van der Waals surface area contributed by atoms with Crippen LogP contribution in [0.3, 0.4) is 0 Å². The largest absolute Gasteiger partial charge is 0.348 e. The second-order valence-electron chi connectivity index (χ2n) is 8.01. The summed E-state index contributed by atoms with van der Waals surface area (Å²) in [5, 5.41) is 8.26. The van der Waals surface area contributed by atoms with Crippen LogP contribution in [-0.2, 0) is 16.1 Å². The van der Waals surface area contributed by atoms with Crippen molar-refractivity contribution in [2.45, 2.75) is 19.4 Å². The Labute approximate surface area is 190 Å². The topological polar surface area (TPSA) is 109 Å². The standard InChI is InChI=1S/C24H22N6O3/c31-22(26-15-16-9-10-21(25-14-16)29-12-4-11-27-29)17-5-3-6-18(13-17)30-24(33)20-8-2-1-7-19(20)23(32)28-30/h1-6,9-14,19-20H,7-8,15H2,(H,26,31)(H,28,32). The second-order valence-corrected chi connectivity index (χ2v) is 8.01. The number of fused-ring (bicyclic) bond motifs is 1. The molecule has 0 saturated carbocycles. The molecule has 3 aromatic rings. The highest BCUT2D eigenvalue weighted by Crippen LogP contribution is 2.32. The predicted molar refractivity (Wildman–Crippen MR) is 120 cm³/mol. The first-order chi connectivity index (χ1) is 16.1. The average Bonchev–Trinajstić information content (AvgIpc) is 3.40. The van der Waals surface area contributed by atoms with Gasteiger partial charge in [-0.25, -0.2) is 14.7 Å². The van der Waals surface area contributed by atoms with Crippen molar-refractivity contribution >= 4 is 23.4 Å². The lowest BCUT2D eigenvalue weighted by atomic mass is 9.80. The number of rotatable bonds is 5. The summed E-state index contributed by atoms with van der Waals surface area (Å²) >= 11 is 0. The van der Waals surface area contributed by atoms with Crippen molar-refractivity contribution in [3.05, 3.63) is 84.3 Å². The number of nitrogens with one attached hydrogen (secondary N) is 2. The first kappa shape index (κ1) is 20.6. The Bertz CT molecular complexity index is 1220. The van der Waals surface area contributed by atoms with E-state index in [4.69, 9.17) is 0 Å². The van der Waals surface area contributed by atoms with Crippen LogP contribution in [0.4, 0.5) is 5.69 Å². The van der Waals surface area contributed by atoms with E-state index in [2.05, 4.69) is 20.8 Å². The minimum absolute atomic E-state index is 0.162. The van der Waals surface area contributed by atoms with E-state index >= 15 is 0 Å². The molecule has 166 valence electrons. The molecule has 1 saturated heterocycles. The number of benzene rings is 1. The normalized spacial score (nSPS) is 19.7. The lowest BCUT2D eigenvalue weighted by Gasteiger charge is -2.38. The van der Waals surface area contributed by atoms with E-state index in [1.165, 1.54) is 5.01 Å². The van der Waals surface area contributed by atoms with Gasteiger partial charge in [-0.1, -0.05) is 24.3 Å². The maximum Gasteiger partial charge on any atom is 0.251 e. The van der Waals surface area contributed by atoms with Crippen LogP contribution in [0.5, 0.6) is 0 Å². The van der Waals surface area contributed by atoms with Crippen LogP contribution >= 0.6 is 0 Å². The molecule has 9 heteroatoms. The van der Waals surface area contributed by atoms with Crippen molar-refractivity contribution in [1.29, 1.82) is 0 Å². The smallest absolute Gasteiger partial charge is 0.251 e. The molecular formula is C24H22N6O3. The van der Waals surface area contributed by atoms with Gasteiger partial charge in [0.15, 0.2) is 5.82 Å². The van der Waals surface area contributed by atoms with Gasteiger partial charge in [-0.3, -0.25) is 19.8 Å². The quantitative estimate of drug-likeness (QED) is 0.589. The molecule has 0 bridgehead atoms. The van der Waals surface area contributed by atoms with Crippen LogP contribution < -0.4 is 15.8 Å². The number of pyridine rings is 1. The third-order valence-corrected chi connectivity index (χ3v) is 5.90. The molecule has 5 rings (SSSR count). The maximum absolute atomic E-state index is 13.0. The number of aromatic nitrogens is 3. The Kier molecular flexibility index (Phi) is 5.43. The molecular weight excluding hydrogens is 420 g/mol. The monoisotopic (exact) mass is 442 g/mol. The summed E-state index contributed by atoms with van der Waals surface area (Å²) in [5.41, 5.74) is 4.37. The number of anilines is 1. The van der Waals surface area contributed by atoms with E-state index in [1.54, 1.807) is 47.5 Å². The Balaban J connectivity index is 1.26. The predicted octanol–water partition coefficient (Wildman–Crippen LogP) is 2.16. The molecule has 2 aliphatic rings. The van der Waals surface area contributed by atoms with Gasteiger partial charge in [-0.05, 0) is 48.7 Å². The van der Waals surface area contributed by atoms with Crippen molar-refractivity contribution in [2.75, 3.05) is 5.01 Å². The molecule has 1 aliphatic carbocycles. The van der Waals surface area contributed by atoms with E-state index in [1.807, 2.05) is 30.4 Å². The Morgan fingerprint density at radius 2 is 1.94 bits per heavy atom. The second kappa shape index (κ2) is 8.70. The van der Waals surface area contributed by atoms with Crippen molar-refractivity contribution < 1.29 is 14.4 Å². The fourth-order valence-electron chi connectivity index (χ4n) is 4.11. The lowest BCUT2D eigenvalue weighted by molar-refractivity contribution is -0.139. The van der Waals surface area contributed by atoms with Gasteiger partial charge in [0.05, 0.1) is 17.5 Å². The molecule has 1 aromatic carbocycles. The number of hydrogen-bond donors (Lipinski definition) is 2. The molecule has 3 heterocycles. The molecule has 2 atom stereocenters. The molecule has 0 radical (unpaired) electrons. The Morgan fingerprint density at radius 3 is 2.70 bits per heavy atom. The van der Waals surface area contributed by atoms with Crippen LogP contribution in [0, 0.1) is 11.8 Å². The van der Waals surface area contributed by atoms with Crippen LogP contribution in [0.1, 0.15) is 28.8 Å². The number of nitrogens with zero attached hydrogens (tertiary/aromatic N) is 4. The third kappa shape index (κ3) is 4.12. The van der Waals surface area contributed by atoms with Gasteiger partial charge >= 0.3 is 0 Å². The van der Waals surface area contributed by atoms with Crippen LogP contribution in [-0.4, -0.2) is 32.5 Å². The lowest BCUT2D eigenvalue weighted by Crippen LogP contribution is -2.59. The van der Waals surface area contributed by atoms with Gasteiger partial charge in [-0.15, -0.1) is 0 Å². The number of allylic oxidation sites excluding steroid dienone is 2. The van der Waals surface area contributed by atoms with E-state index in [-0.39, 0.29) is 29.6 Å². The maximum atomic E-state index is 13.0. The summed E-state index contributed by atoms with van der Waals surface area (Å²) in [7, 11) is 0. The molecule has 33 heavy (non-hydrogen) atoms. The Morgan fingerprint density at radius 1 is 1.09 bits per heavy atom. The zero-order valence-corrected chi connectivity index (χ0v) is 17.7. The van der Waals surface area contributed by atoms with E-state index < -0.39 is 0 Å². The zero-order chi connectivity index (χ0) is 22.8. The van der Waals surface area contributed by atoms with Crippen LogP contribution in [0.2, 0.25) is 0 Å². The van der Waals surface area contributed by atoms with E-state index in [0.717, 1.165) is 5.56 Å². The summed E-state index contributed by atoms with van der Waals surface area (Å²) in [4.78, 5) is 42.6. The average molecular weight is 442 g/mol. The summed E-state index contributed by atoms with van der Waals surface area (Å²) < 4.78 is 1.65. The fourth-order valence-corrected chi connectivity index (χ4v) is 4.11. The van der Waals surface area contributed by atoms with Crippen molar-refractivity contribution in [1.82, 2.24) is 25.5 Å². The summed E-state index contributed by atoms with van der Waals surface area (Å²) in [6.07, 6.45) is 10.2. The Hall–Kier alpha value is -4.27. The number of carbonyl (C=O) groups excluding carboxylic acids is 3. The van der Waals surface area contributed by atoms with Gasteiger partial charge in [0.25, 0.3) is 5.91 Å². The number of hydrogen-bond acceptors (Lipinski definition) is 5. The summed E-state index contributed by atoms with van der Waals surface area (Å²) in [6, 6.07) is 12.2.